The number of nitrogens with one attached hydrogen (secondary N) is 1. The molecular formula is C13H24N2O2. The fraction of sp³-hybridized carbons (Fsp3) is 0.923. The van der Waals surface area contributed by atoms with Crippen molar-refractivity contribution in [2.45, 2.75) is 63.6 Å². The van der Waals surface area contributed by atoms with Crippen molar-refractivity contribution in [3.63, 3.8) is 0 Å². The Morgan fingerprint density at radius 3 is 3.00 bits per heavy atom. The van der Waals surface area contributed by atoms with Crippen molar-refractivity contribution in [2.75, 3.05) is 13.1 Å². The van der Waals surface area contributed by atoms with Crippen molar-refractivity contribution in [1.82, 2.24) is 10.2 Å². The Balaban J connectivity index is 1.76. The molecule has 2 heterocycles. The summed E-state index contributed by atoms with van der Waals surface area (Å²) in [7, 11) is 0. The second-order valence-corrected chi connectivity index (χ2v) is 5.49. The molecule has 2 fully saturated rings. The summed E-state index contributed by atoms with van der Waals surface area (Å²) < 4.78 is 0. The lowest BCUT2D eigenvalue weighted by Gasteiger charge is -2.33. The largest absolute Gasteiger partial charge is 0.481 e. The van der Waals surface area contributed by atoms with Crippen LogP contribution >= 0.6 is 0 Å². The molecule has 4 heteroatoms. The number of fused-ring (bicyclic) bond motifs is 1. The molecule has 3 atom stereocenters. The number of carboxylic acid groups (broad SMARTS) is 1. The molecule has 2 aliphatic rings. The Morgan fingerprint density at radius 2 is 2.24 bits per heavy atom. The summed E-state index contributed by atoms with van der Waals surface area (Å²) in [5.41, 5.74) is 0. The van der Waals surface area contributed by atoms with Crippen LogP contribution < -0.4 is 5.32 Å². The van der Waals surface area contributed by atoms with Gasteiger partial charge in [0.25, 0.3) is 0 Å². The van der Waals surface area contributed by atoms with Crippen molar-refractivity contribution in [3.8, 4) is 0 Å². The van der Waals surface area contributed by atoms with Gasteiger partial charge in [0.2, 0.25) is 0 Å². The van der Waals surface area contributed by atoms with E-state index >= 15 is 0 Å². The smallest absolute Gasteiger partial charge is 0.303 e. The molecular weight excluding hydrogens is 216 g/mol. The highest BCUT2D eigenvalue weighted by molar-refractivity contribution is 5.66. The zero-order valence-electron chi connectivity index (χ0n) is 10.7. The maximum atomic E-state index is 10.5. The number of nitrogens with zero attached hydrogens (tertiary/aromatic N) is 1. The maximum Gasteiger partial charge on any atom is 0.303 e. The van der Waals surface area contributed by atoms with Gasteiger partial charge in [0.1, 0.15) is 0 Å². The second-order valence-electron chi connectivity index (χ2n) is 5.49. The van der Waals surface area contributed by atoms with Gasteiger partial charge in [0.05, 0.1) is 0 Å². The van der Waals surface area contributed by atoms with Crippen LogP contribution in [0.1, 0.15) is 45.4 Å². The molecule has 0 amide bonds. The first kappa shape index (κ1) is 12.8. The van der Waals surface area contributed by atoms with E-state index in [1.54, 1.807) is 0 Å². The van der Waals surface area contributed by atoms with E-state index in [1.807, 2.05) is 0 Å². The molecule has 3 unspecified atom stereocenters. The van der Waals surface area contributed by atoms with Crippen molar-refractivity contribution < 1.29 is 9.90 Å². The van der Waals surface area contributed by atoms with Crippen LogP contribution in [0.2, 0.25) is 0 Å². The van der Waals surface area contributed by atoms with Crippen molar-refractivity contribution in [2.24, 2.45) is 0 Å². The Labute approximate surface area is 103 Å². The molecule has 0 aliphatic carbocycles. The normalized spacial score (nSPS) is 31.1. The molecule has 2 saturated heterocycles. The lowest BCUT2D eigenvalue weighted by atomic mass is 9.98. The fourth-order valence-electron chi connectivity index (χ4n) is 3.23. The lowest BCUT2D eigenvalue weighted by molar-refractivity contribution is -0.137. The highest BCUT2D eigenvalue weighted by Gasteiger charge is 2.35. The van der Waals surface area contributed by atoms with Gasteiger partial charge in [0.15, 0.2) is 0 Å². The van der Waals surface area contributed by atoms with Crippen LogP contribution in [0.4, 0.5) is 0 Å². The Hall–Kier alpha value is -0.610. The molecule has 0 bridgehead atoms. The number of rotatable bonds is 5. The van der Waals surface area contributed by atoms with E-state index in [0.717, 1.165) is 6.42 Å². The van der Waals surface area contributed by atoms with Gasteiger partial charge < -0.3 is 10.4 Å². The minimum absolute atomic E-state index is 0.273. The van der Waals surface area contributed by atoms with Gasteiger partial charge in [-0.25, -0.2) is 0 Å². The third-order valence-corrected chi connectivity index (χ3v) is 4.15. The molecule has 2 rings (SSSR count). The summed E-state index contributed by atoms with van der Waals surface area (Å²) in [5, 5.41) is 12.3. The minimum Gasteiger partial charge on any atom is -0.481 e. The zero-order chi connectivity index (χ0) is 12.3. The molecule has 2 N–H and O–H groups in total. The third kappa shape index (κ3) is 3.42. The van der Waals surface area contributed by atoms with Crippen molar-refractivity contribution in [3.05, 3.63) is 0 Å². The van der Waals surface area contributed by atoms with Crippen LogP contribution in [0.3, 0.4) is 0 Å². The van der Waals surface area contributed by atoms with Crippen LogP contribution in [0.15, 0.2) is 0 Å². The molecule has 17 heavy (non-hydrogen) atoms. The van der Waals surface area contributed by atoms with Gasteiger partial charge in [-0.15, -0.1) is 0 Å². The van der Waals surface area contributed by atoms with E-state index in [4.69, 9.17) is 5.11 Å². The standard InChI is InChI=1S/C13H24N2O2/c1-10(5-6-13(16)17)14-11-7-9-15-8-3-2-4-12(11)15/h10-12,14H,2-9H2,1H3,(H,16,17). The Kier molecular flexibility index (Phi) is 4.40. The Bertz CT molecular complexity index is 270. The number of carbonyl (C=O) groups is 1. The number of hydrogen-bond acceptors (Lipinski definition) is 3. The average molecular weight is 240 g/mol. The van der Waals surface area contributed by atoms with Crippen LogP contribution in [-0.4, -0.2) is 47.2 Å². The maximum absolute atomic E-state index is 10.5. The first-order chi connectivity index (χ1) is 8.16. The van der Waals surface area contributed by atoms with Crippen LogP contribution in [0.25, 0.3) is 0 Å². The quantitative estimate of drug-likeness (QED) is 0.764. The van der Waals surface area contributed by atoms with Crippen molar-refractivity contribution >= 4 is 5.97 Å². The predicted molar refractivity (Wildman–Crippen MR) is 67.1 cm³/mol. The van der Waals surface area contributed by atoms with Gasteiger partial charge in [0, 0.05) is 31.1 Å². The molecule has 4 nitrogen and oxygen atoms in total. The highest BCUT2D eigenvalue weighted by atomic mass is 16.4. The van der Waals surface area contributed by atoms with E-state index in [1.165, 1.54) is 38.8 Å². The molecule has 0 aromatic rings. The summed E-state index contributed by atoms with van der Waals surface area (Å²) in [4.78, 5) is 13.1. The van der Waals surface area contributed by atoms with Gasteiger partial charge in [-0.3, -0.25) is 9.69 Å². The number of carboxylic acids is 1. The monoisotopic (exact) mass is 240 g/mol. The Morgan fingerprint density at radius 1 is 1.41 bits per heavy atom. The van der Waals surface area contributed by atoms with Gasteiger partial charge in [-0.1, -0.05) is 6.42 Å². The molecule has 0 saturated carbocycles. The first-order valence-corrected chi connectivity index (χ1v) is 6.88. The number of aliphatic carboxylic acids is 1. The molecule has 0 aromatic heterocycles. The molecule has 2 aliphatic heterocycles. The summed E-state index contributed by atoms with van der Waals surface area (Å²) in [6.07, 6.45) is 6.24. The molecule has 98 valence electrons. The molecule has 0 spiro atoms. The predicted octanol–water partition coefficient (Wildman–Crippen LogP) is 1.46. The van der Waals surface area contributed by atoms with Crippen molar-refractivity contribution in [1.29, 1.82) is 0 Å². The molecule has 0 radical (unpaired) electrons. The summed E-state index contributed by atoms with van der Waals surface area (Å²) in [6, 6.07) is 1.60. The van der Waals surface area contributed by atoms with E-state index < -0.39 is 5.97 Å². The van der Waals surface area contributed by atoms with E-state index in [2.05, 4.69) is 17.1 Å². The average Bonchev–Trinajstić information content (AvgIpc) is 2.70. The summed E-state index contributed by atoms with van der Waals surface area (Å²) >= 11 is 0. The number of piperidine rings is 1. The lowest BCUT2D eigenvalue weighted by Crippen LogP contribution is -2.47. The van der Waals surface area contributed by atoms with Crippen LogP contribution in [0, 0.1) is 0 Å². The van der Waals surface area contributed by atoms with Crippen LogP contribution in [-0.2, 0) is 4.79 Å². The molecule has 0 aromatic carbocycles. The van der Waals surface area contributed by atoms with E-state index in [9.17, 15) is 4.79 Å². The number of hydrogen-bond donors (Lipinski definition) is 2. The van der Waals surface area contributed by atoms with E-state index in [0.29, 0.717) is 18.1 Å². The zero-order valence-corrected chi connectivity index (χ0v) is 10.7. The SMILES string of the molecule is CC(CCC(=O)O)NC1CCN2CCCCC12. The first-order valence-electron chi connectivity index (χ1n) is 6.88. The fourth-order valence-corrected chi connectivity index (χ4v) is 3.23. The summed E-state index contributed by atoms with van der Waals surface area (Å²) in [5.74, 6) is -0.690. The minimum atomic E-state index is -0.690. The van der Waals surface area contributed by atoms with Gasteiger partial charge in [-0.2, -0.15) is 0 Å². The summed E-state index contributed by atoms with van der Waals surface area (Å²) in [6.45, 7) is 4.58. The third-order valence-electron chi connectivity index (χ3n) is 4.15. The van der Waals surface area contributed by atoms with Gasteiger partial charge in [-0.05, 0) is 39.2 Å². The van der Waals surface area contributed by atoms with Crippen LogP contribution in [0.5, 0.6) is 0 Å². The topological polar surface area (TPSA) is 52.6 Å². The van der Waals surface area contributed by atoms with Gasteiger partial charge >= 0.3 is 5.97 Å². The second kappa shape index (κ2) is 5.83. The highest BCUT2D eigenvalue weighted by Crippen LogP contribution is 2.27. The van der Waals surface area contributed by atoms with E-state index in [-0.39, 0.29) is 6.42 Å².